The number of anilines is 2. The summed E-state index contributed by atoms with van der Waals surface area (Å²) in [5.74, 6) is 0.0150. The Labute approximate surface area is 92.4 Å². The van der Waals surface area contributed by atoms with E-state index in [9.17, 15) is 15.3 Å². The van der Waals surface area contributed by atoms with E-state index in [0.29, 0.717) is 11.4 Å². The Morgan fingerprint density at radius 2 is 1.44 bits per heavy atom. The number of phenolic OH excluding ortho intramolecular Hbond substituents is 3. The Kier molecular flexibility index (Phi) is 2.55. The predicted molar refractivity (Wildman–Crippen MR) is 61.2 cm³/mol. The number of benzene rings is 2. The number of phenols is 3. The van der Waals surface area contributed by atoms with Crippen LogP contribution in [0.1, 0.15) is 0 Å². The lowest BCUT2D eigenvalue weighted by atomic mass is 10.2. The summed E-state index contributed by atoms with van der Waals surface area (Å²) in [6.45, 7) is 0. The zero-order valence-electron chi connectivity index (χ0n) is 8.38. The van der Waals surface area contributed by atoms with Crippen molar-refractivity contribution in [3.63, 3.8) is 0 Å². The average molecular weight is 217 g/mol. The highest BCUT2D eigenvalue weighted by Crippen LogP contribution is 2.30. The average Bonchev–Trinajstić information content (AvgIpc) is 2.20. The Morgan fingerprint density at radius 1 is 0.812 bits per heavy atom. The molecule has 4 N–H and O–H groups in total. The molecule has 0 spiro atoms. The Hall–Kier alpha value is -2.36. The summed E-state index contributed by atoms with van der Waals surface area (Å²) in [4.78, 5) is 0. The van der Waals surface area contributed by atoms with Crippen LogP contribution in [-0.4, -0.2) is 15.3 Å². The highest BCUT2D eigenvalue weighted by molar-refractivity contribution is 5.67. The van der Waals surface area contributed by atoms with E-state index in [1.807, 2.05) is 0 Å². The molecule has 0 saturated heterocycles. The highest BCUT2D eigenvalue weighted by Gasteiger charge is 2.02. The van der Waals surface area contributed by atoms with E-state index >= 15 is 0 Å². The van der Waals surface area contributed by atoms with Crippen molar-refractivity contribution in [3.8, 4) is 17.2 Å². The van der Waals surface area contributed by atoms with Gasteiger partial charge in [0.25, 0.3) is 0 Å². The Balaban J connectivity index is 2.30. The van der Waals surface area contributed by atoms with Gasteiger partial charge in [-0.05, 0) is 12.1 Å². The van der Waals surface area contributed by atoms with E-state index in [0.717, 1.165) is 0 Å². The lowest BCUT2D eigenvalue weighted by Gasteiger charge is -2.08. The monoisotopic (exact) mass is 217 g/mol. The number of hydrogen-bond acceptors (Lipinski definition) is 4. The molecular weight excluding hydrogens is 206 g/mol. The fourth-order valence-electron chi connectivity index (χ4n) is 1.40. The molecular formula is C12H11NO3. The third-order valence-corrected chi connectivity index (χ3v) is 2.09. The summed E-state index contributed by atoms with van der Waals surface area (Å²) in [5.41, 5.74) is 1.01. The highest BCUT2D eigenvalue weighted by atomic mass is 16.3. The van der Waals surface area contributed by atoms with Gasteiger partial charge in [0.1, 0.15) is 17.2 Å². The van der Waals surface area contributed by atoms with Crippen LogP contribution in [0.25, 0.3) is 0 Å². The van der Waals surface area contributed by atoms with Gasteiger partial charge in [0.15, 0.2) is 0 Å². The van der Waals surface area contributed by atoms with Gasteiger partial charge in [0.2, 0.25) is 0 Å². The van der Waals surface area contributed by atoms with Gasteiger partial charge in [-0.2, -0.15) is 0 Å². The van der Waals surface area contributed by atoms with Crippen molar-refractivity contribution in [1.29, 1.82) is 0 Å². The molecule has 4 nitrogen and oxygen atoms in total. The molecule has 16 heavy (non-hydrogen) atoms. The molecule has 0 atom stereocenters. The molecule has 0 fully saturated rings. The van der Waals surface area contributed by atoms with Gasteiger partial charge < -0.3 is 20.6 Å². The number of rotatable bonds is 2. The van der Waals surface area contributed by atoms with E-state index in [4.69, 9.17) is 0 Å². The van der Waals surface area contributed by atoms with E-state index in [1.54, 1.807) is 24.3 Å². The first kappa shape index (κ1) is 10.2. The second-order valence-electron chi connectivity index (χ2n) is 3.38. The summed E-state index contributed by atoms with van der Waals surface area (Å²) in [6, 6.07) is 10.8. The maximum Gasteiger partial charge on any atom is 0.139 e. The molecule has 0 heterocycles. The summed E-state index contributed by atoms with van der Waals surface area (Å²) in [7, 11) is 0. The molecule has 0 aliphatic heterocycles. The van der Waals surface area contributed by atoms with Crippen LogP contribution in [0.15, 0.2) is 42.5 Å². The molecule has 0 saturated carbocycles. The molecule has 82 valence electrons. The van der Waals surface area contributed by atoms with Crippen molar-refractivity contribution < 1.29 is 15.3 Å². The molecule has 2 aromatic rings. The topological polar surface area (TPSA) is 72.7 Å². The number of aromatic hydroxyl groups is 3. The van der Waals surface area contributed by atoms with Crippen molar-refractivity contribution in [2.24, 2.45) is 0 Å². The number of para-hydroxylation sites is 2. The lowest BCUT2D eigenvalue weighted by Crippen LogP contribution is -1.90. The van der Waals surface area contributed by atoms with Crippen molar-refractivity contribution >= 4 is 11.4 Å². The maximum atomic E-state index is 9.52. The fraction of sp³-hybridized carbons (Fsp3) is 0. The van der Waals surface area contributed by atoms with Gasteiger partial charge >= 0.3 is 0 Å². The lowest BCUT2D eigenvalue weighted by molar-refractivity contribution is 0.451. The van der Waals surface area contributed by atoms with Gasteiger partial charge in [-0.15, -0.1) is 0 Å². The third kappa shape index (κ3) is 2.17. The zero-order chi connectivity index (χ0) is 11.5. The van der Waals surface area contributed by atoms with Crippen molar-refractivity contribution in [3.05, 3.63) is 42.5 Å². The van der Waals surface area contributed by atoms with Crippen LogP contribution in [0.3, 0.4) is 0 Å². The molecule has 0 radical (unpaired) electrons. The molecule has 0 aliphatic rings. The van der Waals surface area contributed by atoms with Crippen LogP contribution in [-0.2, 0) is 0 Å². The Morgan fingerprint density at radius 3 is 2.06 bits per heavy atom. The van der Waals surface area contributed by atoms with Gasteiger partial charge in [-0.3, -0.25) is 0 Å². The summed E-state index contributed by atoms with van der Waals surface area (Å²) in [6.07, 6.45) is 0. The molecule has 4 heteroatoms. The normalized spacial score (nSPS) is 10.0. The van der Waals surface area contributed by atoms with Crippen molar-refractivity contribution in [2.75, 3.05) is 5.32 Å². The third-order valence-electron chi connectivity index (χ3n) is 2.09. The number of nitrogens with one attached hydrogen (secondary N) is 1. The van der Waals surface area contributed by atoms with E-state index < -0.39 is 0 Å². The standard InChI is InChI=1S/C12H11NO3/c14-9-5-8(6-10(15)7-9)13-11-3-1-2-4-12(11)16/h1-7,13-16H. The van der Waals surface area contributed by atoms with Crippen molar-refractivity contribution in [2.45, 2.75) is 0 Å². The minimum atomic E-state index is -0.0436. The fourth-order valence-corrected chi connectivity index (χ4v) is 1.40. The molecule has 0 aliphatic carbocycles. The minimum Gasteiger partial charge on any atom is -0.508 e. The minimum absolute atomic E-state index is 0.0436. The summed E-state index contributed by atoms with van der Waals surface area (Å²) < 4.78 is 0. The molecule has 0 aromatic heterocycles. The summed E-state index contributed by atoms with van der Waals surface area (Å²) >= 11 is 0. The maximum absolute atomic E-state index is 9.52. The first-order chi connectivity index (χ1) is 7.65. The first-order valence-electron chi connectivity index (χ1n) is 4.73. The van der Waals surface area contributed by atoms with Crippen molar-refractivity contribution in [1.82, 2.24) is 0 Å². The van der Waals surface area contributed by atoms with Crippen LogP contribution >= 0.6 is 0 Å². The first-order valence-corrected chi connectivity index (χ1v) is 4.73. The molecule has 0 unspecified atom stereocenters. The van der Waals surface area contributed by atoms with Crippen LogP contribution in [0.4, 0.5) is 11.4 Å². The van der Waals surface area contributed by atoms with E-state index in [-0.39, 0.29) is 17.2 Å². The SMILES string of the molecule is Oc1cc(O)cc(Nc2ccccc2O)c1. The van der Waals surface area contributed by atoms with Crippen LogP contribution in [0, 0.1) is 0 Å². The second kappa shape index (κ2) is 4.02. The Bertz CT molecular complexity index is 491. The summed E-state index contributed by atoms with van der Waals surface area (Å²) in [5, 5.41) is 31.0. The van der Waals surface area contributed by atoms with Crippen LogP contribution in [0.5, 0.6) is 17.2 Å². The quantitative estimate of drug-likeness (QED) is 0.583. The van der Waals surface area contributed by atoms with Gasteiger partial charge in [0.05, 0.1) is 5.69 Å². The molecule has 0 amide bonds. The van der Waals surface area contributed by atoms with E-state index in [2.05, 4.69) is 5.32 Å². The smallest absolute Gasteiger partial charge is 0.139 e. The van der Waals surface area contributed by atoms with Gasteiger partial charge in [-0.25, -0.2) is 0 Å². The van der Waals surface area contributed by atoms with Crippen LogP contribution in [0.2, 0.25) is 0 Å². The second-order valence-corrected chi connectivity index (χ2v) is 3.38. The predicted octanol–water partition coefficient (Wildman–Crippen LogP) is 2.55. The van der Waals surface area contributed by atoms with Gasteiger partial charge in [-0.1, -0.05) is 12.1 Å². The van der Waals surface area contributed by atoms with Crippen LogP contribution < -0.4 is 5.32 Å². The molecule has 2 aromatic carbocycles. The largest absolute Gasteiger partial charge is 0.508 e. The number of hydrogen-bond donors (Lipinski definition) is 4. The zero-order valence-corrected chi connectivity index (χ0v) is 8.38. The molecule has 2 rings (SSSR count). The van der Waals surface area contributed by atoms with Gasteiger partial charge in [0, 0.05) is 23.9 Å². The molecule has 0 bridgehead atoms. The van der Waals surface area contributed by atoms with E-state index in [1.165, 1.54) is 18.2 Å².